The Morgan fingerprint density at radius 3 is 2.48 bits per heavy atom. The number of nitrogens with zero attached hydrogens (tertiary/aromatic N) is 1. The maximum atomic E-state index is 13.0. The van der Waals surface area contributed by atoms with E-state index in [4.69, 9.17) is 14.2 Å². The van der Waals surface area contributed by atoms with Crippen molar-refractivity contribution in [3.63, 3.8) is 0 Å². The third kappa shape index (κ3) is 5.70. The molecule has 1 atom stereocenters. The molecule has 2 N–H and O–H groups in total. The fourth-order valence-electron chi connectivity index (χ4n) is 4.10. The zero-order valence-corrected chi connectivity index (χ0v) is 18.7. The van der Waals surface area contributed by atoms with E-state index in [1.54, 1.807) is 26.2 Å². The standard InChI is InChI=1S/C23H33N3O5/c1-4-30-18-11-10-16(14-19(18)29-3)21-20(22(27)31-5-2)17(24-23(28)25-21)15-26-12-8-6-7-9-13-26/h10-11,14,21H,4-9,12-13,15H2,1-3H3,(H2,24,25,28). The van der Waals surface area contributed by atoms with Gasteiger partial charge in [0.2, 0.25) is 0 Å². The van der Waals surface area contributed by atoms with Crippen LogP contribution in [0.2, 0.25) is 0 Å². The van der Waals surface area contributed by atoms with Crippen molar-refractivity contribution in [1.29, 1.82) is 0 Å². The number of methoxy groups -OCH3 is 1. The van der Waals surface area contributed by atoms with Gasteiger partial charge in [-0.05, 0) is 57.5 Å². The molecule has 170 valence electrons. The van der Waals surface area contributed by atoms with Gasteiger partial charge in [-0.1, -0.05) is 18.9 Å². The van der Waals surface area contributed by atoms with Crippen LogP contribution in [0.5, 0.6) is 11.5 Å². The van der Waals surface area contributed by atoms with Gasteiger partial charge in [0.1, 0.15) is 0 Å². The third-order valence-corrected chi connectivity index (χ3v) is 5.55. The Labute approximate surface area is 183 Å². The van der Waals surface area contributed by atoms with Crippen molar-refractivity contribution in [3.05, 3.63) is 35.0 Å². The van der Waals surface area contributed by atoms with Crippen LogP contribution < -0.4 is 20.1 Å². The Balaban J connectivity index is 1.99. The smallest absolute Gasteiger partial charge is 0.338 e. The number of urea groups is 1. The minimum absolute atomic E-state index is 0.257. The summed E-state index contributed by atoms with van der Waals surface area (Å²) in [5.74, 6) is 0.725. The fraction of sp³-hybridized carbons (Fsp3) is 0.565. The predicted molar refractivity (Wildman–Crippen MR) is 117 cm³/mol. The van der Waals surface area contributed by atoms with Crippen LogP contribution in [0.4, 0.5) is 4.79 Å². The number of benzene rings is 1. The number of likely N-dealkylation sites (tertiary alicyclic amines) is 1. The number of nitrogens with one attached hydrogen (secondary N) is 2. The van der Waals surface area contributed by atoms with Gasteiger partial charge in [-0.3, -0.25) is 4.90 Å². The summed E-state index contributed by atoms with van der Waals surface area (Å²) in [4.78, 5) is 27.8. The highest BCUT2D eigenvalue weighted by atomic mass is 16.5. The lowest BCUT2D eigenvalue weighted by molar-refractivity contribution is -0.139. The van der Waals surface area contributed by atoms with Crippen molar-refractivity contribution in [2.75, 3.05) is 40.0 Å². The summed E-state index contributed by atoms with van der Waals surface area (Å²) in [5.41, 5.74) is 1.76. The molecule has 0 radical (unpaired) electrons. The third-order valence-electron chi connectivity index (χ3n) is 5.55. The van der Waals surface area contributed by atoms with E-state index in [-0.39, 0.29) is 12.6 Å². The molecule has 1 aromatic carbocycles. The van der Waals surface area contributed by atoms with Crippen molar-refractivity contribution in [2.45, 2.75) is 45.6 Å². The van der Waals surface area contributed by atoms with Crippen molar-refractivity contribution in [3.8, 4) is 11.5 Å². The number of hydrogen-bond donors (Lipinski definition) is 2. The van der Waals surface area contributed by atoms with Gasteiger partial charge in [0.15, 0.2) is 11.5 Å². The van der Waals surface area contributed by atoms with Gasteiger partial charge in [-0.15, -0.1) is 0 Å². The number of rotatable bonds is 8. The Morgan fingerprint density at radius 2 is 1.84 bits per heavy atom. The second kappa shape index (κ2) is 11.0. The van der Waals surface area contributed by atoms with Crippen molar-refractivity contribution in [1.82, 2.24) is 15.5 Å². The van der Waals surface area contributed by atoms with E-state index in [0.29, 0.717) is 35.9 Å². The first-order valence-electron chi connectivity index (χ1n) is 11.1. The molecule has 3 rings (SSSR count). The Bertz CT molecular complexity index is 815. The molecule has 1 fully saturated rings. The molecule has 2 heterocycles. The van der Waals surface area contributed by atoms with E-state index in [1.807, 2.05) is 13.0 Å². The molecular weight excluding hydrogens is 398 g/mol. The van der Waals surface area contributed by atoms with Crippen LogP contribution in [0.25, 0.3) is 0 Å². The molecule has 0 aromatic heterocycles. The topological polar surface area (TPSA) is 89.1 Å². The number of ether oxygens (including phenoxy) is 3. The van der Waals surface area contributed by atoms with E-state index in [9.17, 15) is 9.59 Å². The molecule has 0 aliphatic carbocycles. The lowest BCUT2D eigenvalue weighted by Gasteiger charge is -2.32. The van der Waals surface area contributed by atoms with Crippen LogP contribution in [0.1, 0.15) is 51.1 Å². The molecule has 1 unspecified atom stereocenters. The Hall–Kier alpha value is -2.74. The van der Waals surface area contributed by atoms with E-state index in [1.165, 1.54) is 12.8 Å². The van der Waals surface area contributed by atoms with Gasteiger partial charge in [0.25, 0.3) is 0 Å². The van der Waals surface area contributed by atoms with Crippen molar-refractivity contribution < 1.29 is 23.8 Å². The second-order valence-electron chi connectivity index (χ2n) is 7.68. The average molecular weight is 432 g/mol. The Morgan fingerprint density at radius 1 is 1.10 bits per heavy atom. The van der Waals surface area contributed by atoms with Gasteiger partial charge < -0.3 is 24.8 Å². The summed E-state index contributed by atoms with van der Waals surface area (Å²) >= 11 is 0. The fourth-order valence-corrected chi connectivity index (χ4v) is 4.10. The maximum absolute atomic E-state index is 13.0. The van der Waals surface area contributed by atoms with E-state index < -0.39 is 12.0 Å². The molecular formula is C23H33N3O5. The van der Waals surface area contributed by atoms with Gasteiger partial charge in [0.05, 0.1) is 31.9 Å². The summed E-state index contributed by atoms with van der Waals surface area (Å²) < 4.78 is 16.4. The molecule has 2 aliphatic rings. The normalized spacial score (nSPS) is 19.8. The minimum atomic E-state index is -0.639. The lowest BCUT2D eigenvalue weighted by atomic mass is 9.94. The highest BCUT2D eigenvalue weighted by Gasteiger charge is 2.34. The maximum Gasteiger partial charge on any atom is 0.338 e. The van der Waals surface area contributed by atoms with Crippen LogP contribution in [-0.2, 0) is 9.53 Å². The highest BCUT2D eigenvalue weighted by molar-refractivity contribution is 5.95. The summed E-state index contributed by atoms with van der Waals surface area (Å²) in [6.07, 6.45) is 4.66. The molecule has 8 heteroatoms. The predicted octanol–water partition coefficient (Wildman–Crippen LogP) is 3.14. The average Bonchev–Trinajstić information content (AvgIpc) is 3.02. The Kier molecular flexibility index (Phi) is 8.17. The summed E-state index contributed by atoms with van der Waals surface area (Å²) in [7, 11) is 1.56. The zero-order valence-electron chi connectivity index (χ0n) is 18.7. The first-order valence-corrected chi connectivity index (χ1v) is 11.1. The molecule has 1 saturated heterocycles. The molecule has 2 amide bonds. The summed E-state index contributed by atoms with van der Waals surface area (Å²) in [6, 6.07) is 4.45. The van der Waals surface area contributed by atoms with E-state index >= 15 is 0 Å². The number of hydrogen-bond acceptors (Lipinski definition) is 6. The molecule has 0 saturated carbocycles. The molecule has 1 aromatic rings. The summed E-state index contributed by atoms with van der Waals surface area (Å²) in [5, 5.41) is 5.75. The van der Waals surface area contributed by atoms with Gasteiger partial charge in [0, 0.05) is 12.2 Å². The lowest BCUT2D eigenvalue weighted by Crippen LogP contribution is -2.48. The first kappa shape index (κ1) is 22.9. The molecule has 0 bridgehead atoms. The van der Waals surface area contributed by atoms with Crippen LogP contribution >= 0.6 is 0 Å². The molecule has 0 spiro atoms. The van der Waals surface area contributed by atoms with Crippen molar-refractivity contribution >= 4 is 12.0 Å². The molecule has 2 aliphatic heterocycles. The highest BCUT2D eigenvalue weighted by Crippen LogP contribution is 2.35. The molecule has 31 heavy (non-hydrogen) atoms. The van der Waals surface area contributed by atoms with E-state index in [2.05, 4.69) is 15.5 Å². The number of carbonyl (C=O) groups is 2. The largest absolute Gasteiger partial charge is 0.493 e. The number of amides is 2. The van der Waals surface area contributed by atoms with E-state index in [0.717, 1.165) is 31.5 Å². The number of esters is 1. The number of carbonyl (C=O) groups excluding carboxylic acids is 2. The SMILES string of the molecule is CCOC(=O)C1=C(CN2CCCCCC2)NC(=O)NC1c1ccc(OCC)c(OC)c1. The second-order valence-corrected chi connectivity index (χ2v) is 7.68. The monoisotopic (exact) mass is 431 g/mol. The van der Waals surface area contributed by atoms with Crippen LogP contribution in [0.3, 0.4) is 0 Å². The van der Waals surface area contributed by atoms with Crippen LogP contribution in [0, 0.1) is 0 Å². The van der Waals surface area contributed by atoms with Crippen LogP contribution in [-0.4, -0.2) is 56.9 Å². The first-order chi connectivity index (χ1) is 15.1. The van der Waals surface area contributed by atoms with Gasteiger partial charge >= 0.3 is 12.0 Å². The quantitative estimate of drug-likeness (QED) is 0.615. The molecule has 8 nitrogen and oxygen atoms in total. The zero-order chi connectivity index (χ0) is 22.2. The van der Waals surface area contributed by atoms with Crippen LogP contribution in [0.15, 0.2) is 29.5 Å². The minimum Gasteiger partial charge on any atom is -0.493 e. The van der Waals surface area contributed by atoms with Gasteiger partial charge in [-0.2, -0.15) is 0 Å². The summed E-state index contributed by atoms with van der Waals surface area (Å²) in [6.45, 7) is 6.84. The van der Waals surface area contributed by atoms with Gasteiger partial charge in [-0.25, -0.2) is 9.59 Å². The van der Waals surface area contributed by atoms with Crippen molar-refractivity contribution in [2.24, 2.45) is 0 Å².